The van der Waals surface area contributed by atoms with Crippen LogP contribution < -0.4 is 29.2 Å². The largest absolute Gasteiger partial charge is 1.00 e. The normalized spacial score (nSPS) is 22.7. The number of rotatable bonds is 22. The third kappa shape index (κ3) is 18.5. The van der Waals surface area contributed by atoms with Gasteiger partial charge in [0.2, 0.25) is 5.91 Å². The van der Waals surface area contributed by atoms with E-state index in [-0.39, 0.29) is 18.1 Å². The number of carboxylic acids is 2. The Morgan fingerprint density at radius 1 is 0.701 bits per heavy atom. The Labute approximate surface area is 397 Å². The van der Waals surface area contributed by atoms with Gasteiger partial charge in [0.15, 0.2) is 11.7 Å². The fourth-order valence-corrected chi connectivity index (χ4v) is 9.68. The molecule has 20 heteroatoms. The van der Waals surface area contributed by atoms with E-state index in [0.717, 1.165) is 96.5 Å². The number of nitrogens with two attached hydrogens (primary N) is 2. The molecule has 0 radical (unpaired) electrons. The molecule has 3 fully saturated rings. The molecule has 3 saturated heterocycles. The second-order valence-corrected chi connectivity index (χ2v) is 18.3. The molecule has 5 aliphatic heterocycles. The van der Waals surface area contributed by atoms with Crippen molar-refractivity contribution in [2.45, 2.75) is 196 Å². The van der Waals surface area contributed by atoms with Crippen LogP contribution in [0.4, 0.5) is 26.3 Å². The smallest absolute Gasteiger partial charge is 0.490 e. The third-order valence-electron chi connectivity index (χ3n) is 13.1. The van der Waals surface area contributed by atoms with Crippen LogP contribution >= 0.6 is 0 Å². The molecule has 0 aliphatic carbocycles. The number of ether oxygens (including phenoxy) is 2. The van der Waals surface area contributed by atoms with Crippen molar-refractivity contribution in [3.63, 3.8) is 0 Å². The molecule has 0 aromatic heterocycles. The first kappa shape index (κ1) is 57.9. The SMILES string of the molecule is NCCCCN(CCCN)C(=O)CCCCCCCCCCCCCCc1ccc2c(c1)[C@@H]1C[C@]3(CCCCO3)N=C3N[C@]4(CCCCO4)C[C@H]2N31.O=C(O)C(F)(F)F.O=C(O)C(F)(F)F.[Cl-]. The summed E-state index contributed by atoms with van der Waals surface area (Å²) in [7, 11) is 0. The molecule has 1 aromatic rings. The Bertz CT molecular complexity index is 1670. The Hall–Kier alpha value is -3.39. The van der Waals surface area contributed by atoms with Crippen LogP contribution in [0.1, 0.15) is 183 Å². The van der Waals surface area contributed by atoms with Gasteiger partial charge in [0.05, 0.1) is 12.1 Å². The Balaban J connectivity index is 0.000000690. The van der Waals surface area contributed by atoms with Crippen molar-refractivity contribution in [3.05, 3.63) is 34.9 Å². The lowest BCUT2D eigenvalue weighted by molar-refractivity contribution is -0.193. The summed E-state index contributed by atoms with van der Waals surface area (Å²) in [6.07, 6.45) is 18.7. The fraction of sp³-hybridized carbons (Fsp3) is 0.787. The molecule has 384 valence electrons. The number of unbranched alkanes of at least 4 members (excludes halogenated alkanes) is 12. The summed E-state index contributed by atoms with van der Waals surface area (Å²) in [5.74, 6) is -4.19. The van der Waals surface area contributed by atoms with Gasteiger partial charge in [0, 0.05) is 45.6 Å². The highest BCUT2D eigenvalue weighted by atomic mass is 35.5. The zero-order valence-electron chi connectivity index (χ0n) is 38.9. The van der Waals surface area contributed by atoms with Gasteiger partial charge >= 0.3 is 24.3 Å². The third-order valence-corrected chi connectivity index (χ3v) is 13.1. The average molecular weight is 985 g/mol. The highest BCUT2D eigenvalue weighted by Crippen LogP contribution is 2.55. The minimum Gasteiger partial charge on any atom is -1.00 e. The second kappa shape index (κ2) is 28.3. The minimum atomic E-state index is -5.08. The van der Waals surface area contributed by atoms with E-state index < -0.39 is 30.0 Å². The number of benzene rings is 1. The van der Waals surface area contributed by atoms with E-state index in [1.54, 1.807) is 0 Å². The van der Waals surface area contributed by atoms with Crippen molar-refractivity contribution < 1.29 is 72.8 Å². The molecule has 2 spiro atoms. The van der Waals surface area contributed by atoms with Gasteiger partial charge in [-0.1, -0.05) is 82.4 Å². The van der Waals surface area contributed by atoms with E-state index >= 15 is 0 Å². The number of nitrogens with one attached hydrogen (secondary N) is 1. The summed E-state index contributed by atoms with van der Waals surface area (Å²) in [5.41, 5.74) is 15.1. The minimum absolute atomic E-state index is 0. The predicted molar refractivity (Wildman–Crippen MR) is 238 cm³/mol. The predicted octanol–water partition coefficient (Wildman–Crippen LogP) is 6.43. The van der Waals surface area contributed by atoms with E-state index in [9.17, 15) is 31.1 Å². The Kier molecular flexibility index (Phi) is 24.5. The molecule has 5 heterocycles. The molecule has 1 aromatic carbocycles. The number of amides is 1. The molecule has 4 atom stereocenters. The average Bonchev–Trinajstić information content (AvgIpc) is 3.56. The number of fused-ring (bicyclic) bond motifs is 3. The van der Waals surface area contributed by atoms with Crippen molar-refractivity contribution in [1.29, 1.82) is 0 Å². The van der Waals surface area contributed by atoms with Gasteiger partial charge < -0.3 is 58.7 Å². The van der Waals surface area contributed by atoms with Crippen molar-refractivity contribution >= 4 is 23.8 Å². The lowest BCUT2D eigenvalue weighted by atomic mass is 9.89. The summed E-state index contributed by atoms with van der Waals surface area (Å²) in [6.45, 7) is 4.60. The molecule has 0 bridgehead atoms. The standard InChI is InChI=1S/C43H72N6O3.2C2HF3O2.ClH/c44-26-15-16-28-48(29-19-27-45)40(50)21-12-10-8-6-4-2-1-3-5-7-9-11-20-35-22-23-36-37(32-35)39-34-43(25-14-18-31-52-43)47-41-46-42(24-13-17-30-51-42)33-38(36)49(39)41;2*3-2(4,5)1(6)7;/h22-23,32,38-39H,1-21,24-31,33-34,44-45H2,(H,46,47);2*(H,6,7);1H/p-1/t38-,39+,42+,43-;;;/m1.../s1. The number of carbonyl (C=O) groups is 3. The Morgan fingerprint density at radius 2 is 1.22 bits per heavy atom. The van der Waals surface area contributed by atoms with Crippen LogP contribution in [-0.4, -0.2) is 107 Å². The van der Waals surface area contributed by atoms with Crippen LogP contribution in [0, 0.1) is 0 Å². The number of aliphatic imine (C=N–C) groups is 1. The van der Waals surface area contributed by atoms with Gasteiger partial charge in [-0.15, -0.1) is 0 Å². The van der Waals surface area contributed by atoms with E-state index in [1.807, 2.05) is 4.90 Å². The number of nitrogens with zero attached hydrogens (tertiary/aromatic N) is 3. The van der Waals surface area contributed by atoms with E-state index in [2.05, 4.69) is 28.4 Å². The first-order valence-electron chi connectivity index (χ1n) is 24.3. The lowest BCUT2D eigenvalue weighted by Crippen LogP contribution is -3.00. The zero-order valence-corrected chi connectivity index (χ0v) is 39.6. The first-order valence-corrected chi connectivity index (χ1v) is 24.3. The molecule has 13 nitrogen and oxygen atoms in total. The number of aryl methyl sites for hydroxylation is 1. The maximum absolute atomic E-state index is 12.7. The van der Waals surface area contributed by atoms with Crippen LogP contribution in [0.2, 0.25) is 0 Å². The molecular weight excluding hydrogens is 910 g/mol. The molecule has 67 heavy (non-hydrogen) atoms. The maximum atomic E-state index is 12.7. The molecule has 6 rings (SSSR count). The first-order chi connectivity index (χ1) is 31.4. The molecule has 7 N–H and O–H groups in total. The number of aliphatic carboxylic acids is 2. The van der Waals surface area contributed by atoms with Crippen molar-refractivity contribution in [1.82, 2.24) is 15.1 Å². The number of hydrogen-bond acceptors (Lipinski definition) is 10. The fourth-order valence-electron chi connectivity index (χ4n) is 9.68. The lowest BCUT2D eigenvalue weighted by Gasteiger charge is -2.53. The number of carbonyl (C=O) groups excluding carboxylic acids is 1. The van der Waals surface area contributed by atoms with E-state index in [1.165, 1.54) is 107 Å². The summed E-state index contributed by atoms with van der Waals surface area (Å²) < 4.78 is 76.5. The monoisotopic (exact) mass is 984 g/mol. The van der Waals surface area contributed by atoms with E-state index in [4.69, 9.17) is 45.7 Å². The summed E-state index contributed by atoms with van der Waals surface area (Å²) in [5, 5.41) is 18.1. The number of guanidine groups is 1. The summed E-state index contributed by atoms with van der Waals surface area (Å²) >= 11 is 0. The highest BCUT2D eigenvalue weighted by Gasteiger charge is 2.56. The number of hydrogen-bond donors (Lipinski definition) is 5. The number of carboxylic acid groups (broad SMARTS) is 2. The van der Waals surface area contributed by atoms with Crippen molar-refractivity contribution in [2.75, 3.05) is 39.4 Å². The molecular formula is C47H74ClF6N6O7-. The van der Waals surface area contributed by atoms with Gasteiger partial charge in [-0.2, -0.15) is 26.3 Å². The quantitative estimate of drug-likeness (QED) is 0.0636. The second-order valence-electron chi connectivity index (χ2n) is 18.3. The van der Waals surface area contributed by atoms with Crippen molar-refractivity contribution in [2.24, 2.45) is 16.5 Å². The van der Waals surface area contributed by atoms with E-state index in [0.29, 0.717) is 37.5 Å². The maximum Gasteiger partial charge on any atom is 0.490 e. The van der Waals surface area contributed by atoms with Gasteiger partial charge in [-0.05, 0) is 107 Å². The molecule has 5 aliphatic rings. The van der Waals surface area contributed by atoms with Gasteiger partial charge in [0.25, 0.3) is 0 Å². The number of halogens is 7. The molecule has 0 unspecified atom stereocenters. The topological polar surface area (TPSA) is 193 Å². The summed E-state index contributed by atoms with van der Waals surface area (Å²) in [6, 6.07) is 8.09. The summed E-state index contributed by atoms with van der Waals surface area (Å²) in [4.78, 5) is 40.4. The van der Waals surface area contributed by atoms with Crippen LogP contribution in [0.5, 0.6) is 0 Å². The van der Waals surface area contributed by atoms with Crippen LogP contribution in [0.25, 0.3) is 0 Å². The van der Waals surface area contributed by atoms with Crippen molar-refractivity contribution in [3.8, 4) is 0 Å². The van der Waals surface area contributed by atoms with Gasteiger partial charge in [-0.25, -0.2) is 14.6 Å². The van der Waals surface area contributed by atoms with Crippen LogP contribution in [-0.2, 0) is 30.3 Å². The molecule has 1 amide bonds. The van der Waals surface area contributed by atoms with Gasteiger partial charge in [0.1, 0.15) is 5.72 Å². The van der Waals surface area contributed by atoms with Gasteiger partial charge in [-0.3, -0.25) is 4.79 Å². The molecule has 0 saturated carbocycles. The van der Waals surface area contributed by atoms with Crippen LogP contribution in [0.15, 0.2) is 23.2 Å². The highest BCUT2D eigenvalue weighted by molar-refractivity contribution is 5.85. The number of alkyl halides is 6. The van der Waals surface area contributed by atoms with Crippen LogP contribution in [0.3, 0.4) is 0 Å². The Morgan fingerprint density at radius 3 is 1.75 bits per heavy atom. The zero-order chi connectivity index (χ0) is 48.2.